The van der Waals surface area contributed by atoms with Gasteiger partial charge in [-0.25, -0.2) is 19.2 Å². The molecule has 2 saturated heterocycles. The summed E-state index contributed by atoms with van der Waals surface area (Å²) in [5.41, 5.74) is 3.11. The minimum absolute atomic E-state index is 0.0795. The number of rotatable bonds is 21. The summed E-state index contributed by atoms with van der Waals surface area (Å²) in [4.78, 5) is 56.2. The fraction of sp³-hybridized carbons (Fsp3) is 0.246. The number of carbonyl (C=O) groups excluding carboxylic acids is 4. The SMILES string of the molecule is O=C(OC[C@H]1O[C@@H](OC[C@H]2O[C@H](O)[C@H](OCc3ccccc3)[C@@H](OCc3ccccc3)[C@@H]2OCc2ccccc2)[C@H](OC(=O)c2ccccc2)[C@@H](OC(=O)c2ccccc2)[C@@H]1OC(=O)c1ccccc1)c1ccccc1. The molecule has 2 fully saturated rings. The molecule has 0 unspecified atom stereocenters. The first kappa shape index (κ1) is 53.0. The highest BCUT2D eigenvalue weighted by Crippen LogP contribution is 2.35. The number of aliphatic hydroxyl groups is 1. The molecule has 0 aliphatic carbocycles. The van der Waals surface area contributed by atoms with Gasteiger partial charge in [-0.15, -0.1) is 0 Å². The van der Waals surface area contributed by atoms with Gasteiger partial charge in [0.1, 0.15) is 37.1 Å². The summed E-state index contributed by atoms with van der Waals surface area (Å²) in [5.74, 6) is -3.33. The third-order valence-electron chi connectivity index (χ3n) is 12.6. The van der Waals surface area contributed by atoms with Crippen molar-refractivity contribution in [3.8, 4) is 0 Å². The summed E-state index contributed by atoms with van der Waals surface area (Å²) in [6.45, 7) is -0.732. The molecule has 0 amide bonds. The van der Waals surface area contributed by atoms with Crippen molar-refractivity contribution in [2.75, 3.05) is 13.2 Å². The van der Waals surface area contributed by atoms with Gasteiger partial charge in [-0.3, -0.25) is 0 Å². The lowest BCUT2D eigenvalue weighted by molar-refractivity contribution is -0.337. The Bertz CT molecular complexity index is 2900. The van der Waals surface area contributed by atoms with Gasteiger partial charge in [0.05, 0.1) is 48.7 Å². The van der Waals surface area contributed by atoms with Crippen LogP contribution in [0.15, 0.2) is 212 Å². The van der Waals surface area contributed by atoms with Crippen molar-refractivity contribution < 1.29 is 71.7 Å². The largest absolute Gasteiger partial charge is 0.459 e. The van der Waals surface area contributed by atoms with E-state index < -0.39 is 98.5 Å². The first-order valence-corrected chi connectivity index (χ1v) is 24.8. The van der Waals surface area contributed by atoms with Crippen LogP contribution in [-0.2, 0) is 67.2 Å². The Balaban J connectivity index is 1.09. The Hall–Kier alpha value is -7.86. The Morgan fingerprint density at radius 1 is 0.342 bits per heavy atom. The average molecular weight is 1030 g/mol. The van der Waals surface area contributed by atoms with Gasteiger partial charge in [-0.1, -0.05) is 164 Å². The van der Waals surface area contributed by atoms with Crippen molar-refractivity contribution >= 4 is 23.9 Å². The molecular weight excluding hydrogens is 973 g/mol. The van der Waals surface area contributed by atoms with Crippen LogP contribution in [0.3, 0.4) is 0 Å². The Morgan fingerprint density at radius 2 is 0.684 bits per heavy atom. The molecule has 15 heteroatoms. The minimum Gasteiger partial charge on any atom is -0.459 e. The topological polar surface area (TPSA) is 181 Å². The molecule has 2 heterocycles. The van der Waals surface area contributed by atoms with Gasteiger partial charge in [0.2, 0.25) is 0 Å². The molecule has 0 aromatic heterocycles. The highest BCUT2D eigenvalue weighted by molar-refractivity contribution is 5.91. The molecule has 0 spiro atoms. The van der Waals surface area contributed by atoms with Crippen LogP contribution in [0.5, 0.6) is 0 Å². The Kier molecular flexibility index (Phi) is 18.5. The van der Waals surface area contributed by atoms with Crippen molar-refractivity contribution in [1.82, 2.24) is 0 Å². The molecule has 15 nitrogen and oxygen atoms in total. The van der Waals surface area contributed by atoms with Gasteiger partial charge in [0, 0.05) is 0 Å². The Morgan fingerprint density at radius 3 is 1.12 bits per heavy atom. The Labute approximate surface area is 439 Å². The van der Waals surface area contributed by atoms with Crippen LogP contribution < -0.4 is 0 Å². The number of hydrogen-bond acceptors (Lipinski definition) is 15. The van der Waals surface area contributed by atoms with Gasteiger partial charge in [-0.2, -0.15) is 0 Å². The minimum atomic E-state index is -1.70. The van der Waals surface area contributed by atoms with Crippen molar-refractivity contribution in [3.05, 3.63) is 251 Å². The van der Waals surface area contributed by atoms with Crippen molar-refractivity contribution in [2.45, 2.75) is 81.2 Å². The second kappa shape index (κ2) is 26.6. The molecule has 9 rings (SSSR count). The molecule has 76 heavy (non-hydrogen) atoms. The van der Waals surface area contributed by atoms with Crippen molar-refractivity contribution in [2.24, 2.45) is 0 Å². The molecule has 0 radical (unpaired) electrons. The van der Waals surface area contributed by atoms with E-state index in [9.17, 15) is 24.3 Å². The molecule has 0 saturated carbocycles. The molecule has 1 N–H and O–H groups in total. The maximum absolute atomic E-state index is 14.3. The summed E-state index contributed by atoms with van der Waals surface area (Å²) in [6.07, 6.45) is -14.0. The highest BCUT2D eigenvalue weighted by Gasteiger charge is 2.55. The summed E-state index contributed by atoms with van der Waals surface area (Å²) in [5, 5.41) is 11.9. The summed E-state index contributed by atoms with van der Waals surface area (Å²) in [6, 6.07) is 60.8. The molecule has 10 atom stereocenters. The number of esters is 4. The monoisotopic (exact) mass is 1030 g/mol. The van der Waals surface area contributed by atoms with Crippen LogP contribution in [-0.4, -0.2) is 104 Å². The van der Waals surface area contributed by atoms with E-state index in [1.165, 1.54) is 36.4 Å². The predicted octanol–water partition coefficient (Wildman–Crippen LogP) is 8.74. The zero-order chi connectivity index (χ0) is 52.5. The van der Waals surface area contributed by atoms with Crippen LogP contribution >= 0.6 is 0 Å². The quantitative estimate of drug-likeness (QED) is 0.0533. The zero-order valence-electron chi connectivity index (χ0n) is 41.2. The van der Waals surface area contributed by atoms with E-state index in [-0.39, 0.29) is 42.1 Å². The summed E-state index contributed by atoms with van der Waals surface area (Å²) < 4.78 is 64.1. The molecule has 7 aromatic rings. The summed E-state index contributed by atoms with van der Waals surface area (Å²) >= 11 is 0. The normalized spacial score (nSPS) is 23.1. The second-order valence-corrected chi connectivity index (χ2v) is 17.9. The number of aliphatic hydroxyl groups excluding tert-OH is 1. The molecule has 390 valence electrons. The predicted molar refractivity (Wildman–Crippen MR) is 274 cm³/mol. The molecule has 0 bridgehead atoms. The van der Waals surface area contributed by atoms with E-state index in [4.69, 9.17) is 47.4 Å². The lowest BCUT2D eigenvalue weighted by Gasteiger charge is -2.46. The lowest BCUT2D eigenvalue weighted by Crippen LogP contribution is -2.64. The van der Waals surface area contributed by atoms with Crippen LogP contribution in [0, 0.1) is 0 Å². The fourth-order valence-electron chi connectivity index (χ4n) is 8.75. The standard InChI is InChI=1S/C61H56O15/c62-56(44-28-14-4-15-29-44)70-39-49-51(74-57(63)45-30-16-5-17-31-45)53(75-58(64)46-32-18-6-19-33-46)55(76-59(65)47-34-20-7-21-35-47)61(73-49)71-40-48-50(67-36-41-22-8-1-9-23-41)52(68-37-42-24-10-2-11-25-42)54(60(66)72-48)69-38-43-26-12-3-13-27-43/h1-35,48-55,60-61,66H,36-40H2/t48-,49-,50-,51-,52+,53+,54-,55-,60+,61-/m1/s1. The fourth-order valence-corrected chi connectivity index (χ4v) is 8.75. The maximum Gasteiger partial charge on any atom is 0.338 e. The lowest BCUT2D eigenvalue weighted by atomic mass is 9.96. The van der Waals surface area contributed by atoms with E-state index in [2.05, 4.69) is 0 Å². The van der Waals surface area contributed by atoms with Gasteiger partial charge < -0.3 is 52.5 Å². The van der Waals surface area contributed by atoms with E-state index in [0.717, 1.165) is 16.7 Å². The maximum atomic E-state index is 14.3. The second-order valence-electron chi connectivity index (χ2n) is 17.9. The van der Waals surface area contributed by atoms with E-state index >= 15 is 0 Å². The van der Waals surface area contributed by atoms with E-state index in [1.54, 1.807) is 84.9 Å². The smallest absolute Gasteiger partial charge is 0.338 e. The first-order chi connectivity index (χ1) is 37.3. The third-order valence-corrected chi connectivity index (χ3v) is 12.6. The van der Waals surface area contributed by atoms with Crippen molar-refractivity contribution in [3.63, 3.8) is 0 Å². The van der Waals surface area contributed by atoms with Gasteiger partial charge in [-0.05, 0) is 65.2 Å². The van der Waals surface area contributed by atoms with Gasteiger partial charge in [0.25, 0.3) is 0 Å². The average Bonchev–Trinajstić information content (AvgIpc) is 3.50. The molecular formula is C61H56O15. The number of benzene rings is 7. The molecule has 2 aliphatic heterocycles. The molecule has 2 aliphatic rings. The van der Waals surface area contributed by atoms with Gasteiger partial charge >= 0.3 is 23.9 Å². The third kappa shape index (κ3) is 14.1. The van der Waals surface area contributed by atoms with Crippen LogP contribution in [0.2, 0.25) is 0 Å². The number of carbonyl (C=O) groups is 4. The first-order valence-electron chi connectivity index (χ1n) is 24.8. The molecule has 7 aromatic carbocycles. The van der Waals surface area contributed by atoms with Crippen LogP contribution in [0.4, 0.5) is 0 Å². The number of hydrogen-bond donors (Lipinski definition) is 1. The van der Waals surface area contributed by atoms with E-state index in [0.29, 0.717) is 0 Å². The van der Waals surface area contributed by atoms with E-state index in [1.807, 2.05) is 91.0 Å². The van der Waals surface area contributed by atoms with Crippen LogP contribution in [0.25, 0.3) is 0 Å². The summed E-state index contributed by atoms with van der Waals surface area (Å²) in [7, 11) is 0. The van der Waals surface area contributed by atoms with Crippen LogP contribution in [0.1, 0.15) is 58.1 Å². The number of ether oxygens (including phenoxy) is 10. The highest BCUT2D eigenvalue weighted by atomic mass is 16.7. The van der Waals surface area contributed by atoms with Crippen molar-refractivity contribution in [1.29, 1.82) is 0 Å². The zero-order valence-corrected chi connectivity index (χ0v) is 41.2. The van der Waals surface area contributed by atoms with Gasteiger partial charge in [0.15, 0.2) is 30.9 Å².